The first-order valence-corrected chi connectivity index (χ1v) is 7.67. The Kier molecular flexibility index (Phi) is 5.84. The molecule has 1 fully saturated rings. The maximum atomic E-state index is 12.3. The fourth-order valence-electron chi connectivity index (χ4n) is 2.84. The molecule has 0 saturated carbocycles. The van der Waals surface area contributed by atoms with Gasteiger partial charge in [-0.3, -0.25) is 0 Å². The van der Waals surface area contributed by atoms with Crippen LogP contribution in [0.1, 0.15) is 53.4 Å². The molecule has 1 rings (SSSR count). The Morgan fingerprint density at radius 1 is 1.30 bits per heavy atom. The minimum absolute atomic E-state index is 0.0684. The molecule has 1 unspecified atom stereocenters. The molecule has 0 aliphatic carbocycles. The van der Waals surface area contributed by atoms with Crippen LogP contribution in [0.3, 0.4) is 0 Å². The van der Waals surface area contributed by atoms with Gasteiger partial charge in [-0.25, -0.2) is 9.59 Å². The zero-order valence-electron chi connectivity index (χ0n) is 13.1. The number of amides is 2. The van der Waals surface area contributed by atoms with Gasteiger partial charge >= 0.3 is 12.0 Å². The molecule has 2 amide bonds. The highest BCUT2D eigenvalue weighted by atomic mass is 16.4. The third-order valence-electron chi connectivity index (χ3n) is 4.98. The number of hydrogen-bond acceptors (Lipinski definition) is 2. The van der Waals surface area contributed by atoms with E-state index >= 15 is 0 Å². The van der Waals surface area contributed by atoms with Crippen molar-refractivity contribution in [2.75, 3.05) is 13.1 Å². The zero-order chi connectivity index (χ0) is 15.3. The van der Waals surface area contributed by atoms with Gasteiger partial charge in [-0.1, -0.05) is 34.1 Å². The Bertz CT molecular complexity index is 353. The van der Waals surface area contributed by atoms with E-state index in [1.165, 1.54) is 0 Å². The molecular formula is C15H28N2O3. The van der Waals surface area contributed by atoms with Crippen molar-refractivity contribution < 1.29 is 14.7 Å². The molecule has 0 aromatic heterocycles. The van der Waals surface area contributed by atoms with Gasteiger partial charge in [-0.15, -0.1) is 0 Å². The summed E-state index contributed by atoms with van der Waals surface area (Å²) in [6.07, 6.45) is 3.85. The average Bonchev–Trinajstić information content (AvgIpc) is 2.88. The molecule has 0 radical (unpaired) electrons. The van der Waals surface area contributed by atoms with Gasteiger partial charge in [-0.2, -0.15) is 0 Å². The van der Waals surface area contributed by atoms with E-state index in [9.17, 15) is 14.7 Å². The molecule has 5 nitrogen and oxygen atoms in total. The molecule has 0 spiro atoms. The first-order valence-electron chi connectivity index (χ1n) is 7.67. The number of carboxylic acids is 1. The molecule has 0 aromatic rings. The summed E-state index contributed by atoms with van der Waals surface area (Å²) in [6.45, 7) is 9.56. The SMILES string of the molecule is CCC(C)[C@H](NC(=O)N1CCC(CC)(CC)C1)C(=O)O. The van der Waals surface area contributed by atoms with E-state index in [1.54, 1.807) is 4.90 Å². The van der Waals surface area contributed by atoms with E-state index in [1.807, 2.05) is 13.8 Å². The zero-order valence-corrected chi connectivity index (χ0v) is 13.1. The molecular weight excluding hydrogens is 256 g/mol. The minimum atomic E-state index is -0.954. The third-order valence-corrected chi connectivity index (χ3v) is 4.98. The summed E-state index contributed by atoms with van der Waals surface area (Å²) in [5.41, 5.74) is 0.215. The van der Waals surface area contributed by atoms with Crippen molar-refractivity contribution in [2.45, 2.75) is 59.4 Å². The maximum Gasteiger partial charge on any atom is 0.326 e. The number of nitrogens with one attached hydrogen (secondary N) is 1. The molecule has 1 heterocycles. The van der Waals surface area contributed by atoms with E-state index in [-0.39, 0.29) is 17.4 Å². The van der Waals surface area contributed by atoms with Gasteiger partial charge < -0.3 is 15.3 Å². The van der Waals surface area contributed by atoms with Crippen LogP contribution in [0, 0.1) is 11.3 Å². The van der Waals surface area contributed by atoms with Crippen LogP contribution in [0.15, 0.2) is 0 Å². The van der Waals surface area contributed by atoms with E-state index in [2.05, 4.69) is 19.2 Å². The molecule has 5 heteroatoms. The molecule has 20 heavy (non-hydrogen) atoms. The number of aliphatic carboxylic acids is 1. The van der Waals surface area contributed by atoms with Crippen LogP contribution >= 0.6 is 0 Å². The monoisotopic (exact) mass is 284 g/mol. The van der Waals surface area contributed by atoms with Gasteiger partial charge in [0.05, 0.1) is 0 Å². The van der Waals surface area contributed by atoms with Crippen LogP contribution in [-0.2, 0) is 4.79 Å². The summed E-state index contributed by atoms with van der Waals surface area (Å²) >= 11 is 0. The van der Waals surface area contributed by atoms with Gasteiger partial charge in [-0.05, 0) is 30.6 Å². The molecule has 1 saturated heterocycles. The normalized spacial score (nSPS) is 20.5. The molecule has 116 valence electrons. The van der Waals surface area contributed by atoms with Crippen molar-refractivity contribution in [1.82, 2.24) is 10.2 Å². The topological polar surface area (TPSA) is 69.6 Å². The molecule has 2 N–H and O–H groups in total. The first-order chi connectivity index (χ1) is 9.39. The van der Waals surface area contributed by atoms with E-state index in [4.69, 9.17) is 0 Å². The summed E-state index contributed by atoms with van der Waals surface area (Å²) in [6, 6.07) is -1.03. The van der Waals surface area contributed by atoms with Gasteiger partial charge in [0.1, 0.15) is 6.04 Å². The Hall–Kier alpha value is -1.26. The molecule has 2 atom stereocenters. The van der Waals surface area contributed by atoms with Crippen molar-refractivity contribution in [2.24, 2.45) is 11.3 Å². The lowest BCUT2D eigenvalue weighted by molar-refractivity contribution is -0.140. The largest absolute Gasteiger partial charge is 0.480 e. The maximum absolute atomic E-state index is 12.3. The van der Waals surface area contributed by atoms with Gasteiger partial charge in [0.25, 0.3) is 0 Å². The third kappa shape index (κ3) is 3.64. The summed E-state index contributed by atoms with van der Waals surface area (Å²) in [5, 5.41) is 11.9. The van der Waals surface area contributed by atoms with Crippen LogP contribution in [0.2, 0.25) is 0 Å². The summed E-state index contributed by atoms with van der Waals surface area (Å²) < 4.78 is 0. The lowest BCUT2D eigenvalue weighted by atomic mass is 9.82. The van der Waals surface area contributed by atoms with Crippen molar-refractivity contribution >= 4 is 12.0 Å². The summed E-state index contributed by atoms with van der Waals surface area (Å²) in [7, 11) is 0. The fourth-order valence-corrected chi connectivity index (χ4v) is 2.84. The highest BCUT2D eigenvalue weighted by Gasteiger charge is 2.38. The van der Waals surface area contributed by atoms with Crippen LogP contribution in [0.4, 0.5) is 4.79 Å². The lowest BCUT2D eigenvalue weighted by Crippen LogP contribution is -2.50. The van der Waals surface area contributed by atoms with E-state index in [0.29, 0.717) is 0 Å². The predicted molar refractivity (Wildman–Crippen MR) is 78.6 cm³/mol. The van der Waals surface area contributed by atoms with Gasteiger partial charge in [0.2, 0.25) is 0 Å². The minimum Gasteiger partial charge on any atom is -0.480 e. The number of urea groups is 1. The average molecular weight is 284 g/mol. The molecule has 0 aromatic carbocycles. The molecule has 1 aliphatic rings. The first kappa shape index (κ1) is 16.8. The number of carboxylic acid groups (broad SMARTS) is 1. The van der Waals surface area contributed by atoms with Crippen LogP contribution in [0.25, 0.3) is 0 Å². The van der Waals surface area contributed by atoms with Crippen LogP contribution in [-0.4, -0.2) is 41.1 Å². The van der Waals surface area contributed by atoms with Crippen LogP contribution < -0.4 is 5.32 Å². The Labute approximate surface area is 121 Å². The van der Waals surface area contributed by atoms with Crippen LogP contribution in [0.5, 0.6) is 0 Å². The van der Waals surface area contributed by atoms with Gasteiger partial charge in [0, 0.05) is 13.1 Å². The molecule has 0 bridgehead atoms. The number of likely N-dealkylation sites (tertiary alicyclic amines) is 1. The number of hydrogen-bond donors (Lipinski definition) is 2. The highest BCUT2D eigenvalue weighted by Crippen LogP contribution is 2.36. The number of carbonyl (C=O) groups excluding carboxylic acids is 1. The van der Waals surface area contributed by atoms with Crippen molar-refractivity contribution in [3.05, 3.63) is 0 Å². The summed E-state index contributed by atoms with van der Waals surface area (Å²) in [5.74, 6) is -1.02. The number of rotatable bonds is 6. The molecule has 1 aliphatic heterocycles. The predicted octanol–water partition coefficient (Wildman–Crippen LogP) is 2.71. The second-order valence-electron chi connectivity index (χ2n) is 6.03. The van der Waals surface area contributed by atoms with E-state index in [0.717, 1.165) is 38.8 Å². The lowest BCUT2D eigenvalue weighted by Gasteiger charge is -2.28. The Balaban J connectivity index is 2.65. The van der Waals surface area contributed by atoms with Crippen molar-refractivity contribution in [3.8, 4) is 0 Å². The fraction of sp³-hybridized carbons (Fsp3) is 0.867. The highest BCUT2D eigenvalue weighted by molar-refractivity contribution is 5.83. The van der Waals surface area contributed by atoms with E-state index < -0.39 is 12.0 Å². The second-order valence-corrected chi connectivity index (χ2v) is 6.03. The Morgan fingerprint density at radius 3 is 2.30 bits per heavy atom. The Morgan fingerprint density at radius 2 is 1.90 bits per heavy atom. The second kappa shape index (κ2) is 6.95. The smallest absolute Gasteiger partial charge is 0.326 e. The number of nitrogens with zero attached hydrogens (tertiary/aromatic N) is 1. The van der Waals surface area contributed by atoms with Crippen molar-refractivity contribution in [1.29, 1.82) is 0 Å². The number of carbonyl (C=O) groups is 2. The quantitative estimate of drug-likeness (QED) is 0.788. The van der Waals surface area contributed by atoms with Gasteiger partial charge in [0.15, 0.2) is 0 Å². The van der Waals surface area contributed by atoms with Crippen molar-refractivity contribution in [3.63, 3.8) is 0 Å². The summed E-state index contributed by atoms with van der Waals surface area (Å²) in [4.78, 5) is 25.3. The standard InChI is InChI=1S/C15H28N2O3/c1-5-11(4)12(13(18)19)16-14(20)17-9-8-15(6-2,7-3)10-17/h11-12H,5-10H2,1-4H3,(H,16,20)(H,18,19)/t11?,12-/m0/s1.